The molecule has 6 nitrogen and oxygen atoms in total. The van der Waals surface area contributed by atoms with Crippen molar-refractivity contribution in [3.8, 4) is 17.9 Å². The lowest BCUT2D eigenvalue weighted by atomic mass is 9.65. The molecule has 0 aromatic heterocycles. The van der Waals surface area contributed by atoms with Crippen LogP contribution in [0.25, 0.3) is 0 Å². The number of carbonyl (C=O) groups is 1. The summed E-state index contributed by atoms with van der Waals surface area (Å²) in [6, 6.07) is 17.3. The van der Waals surface area contributed by atoms with Crippen molar-refractivity contribution < 1.29 is 14.3 Å². The zero-order valence-corrected chi connectivity index (χ0v) is 20.1. The van der Waals surface area contributed by atoms with Gasteiger partial charge in [0, 0.05) is 25.3 Å². The molecule has 2 aliphatic rings. The first-order chi connectivity index (χ1) is 16.5. The van der Waals surface area contributed by atoms with Crippen molar-refractivity contribution in [2.24, 2.45) is 5.41 Å². The van der Waals surface area contributed by atoms with Crippen LogP contribution in [0.1, 0.15) is 49.3 Å². The number of benzene rings is 2. The Labute approximate surface area is 204 Å². The molecule has 4 rings (SSSR count). The fourth-order valence-corrected chi connectivity index (χ4v) is 5.46. The molecular formula is C27H26ClN3O3. The minimum atomic E-state index is -0.732. The van der Waals surface area contributed by atoms with Crippen LogP contribution in [-0.4, -0.2) is 19.6 Å². The molecule has 2 aromatic carbocycles. The average Bonchev–Trinajstić information content (AvgIpc) is 3.35. The number of hydrogen-bond acceptors (Lipinski definition) is 5. The Kier molecular flexibility index (Phi) is 6.82. The van der Waals surface area contributed by atoms with Crippen molar-refractivity contribution in [1.29, 1.82) is 10.5 Å². The first kappa shape index (κ1) is 23.7. The molecule has 174 valence electrons. The number of rotatable bonds is 7. The highest BCUT2D eigenvalue weighted by atomic mass is 35.5. The van der Waals surface area contributed by atoms with Gasteiger partial charge in [-0.05, 0) is 37.5 Å². The third kappa shape index (κ3) is 4.00. The normalized spacial score (nSPS) is 18.7. The average molecular weight is 476 g/mol. The van der Waals surface area contributed by atoms with Gasteiger partial charge in [-0.3, -0.25) is 9.69 Å². The molecule has 34 heavy (non-hydrogen) atoms. The minimum Gasteiger partial charge on any atom is -0.497 e. The van der Waals surface area contributed by atoms with E-state index in [-0.39, 0.29) is 18.7 Å². The molecule has 0 saturated heterocycles. The summed E-state index contributed by atoms with van der Waals surface area (Å²) in [5.74, 6) is 1.07. The van der Waals surface area contributed by atoms with E-state index in [0.717, 1.165) is 11.1 Å². The van der Waals surface area contributed by atoms with Crippen LogP contribution in [0.5, 0.6) is 5.75 Å². The van der Waals surface area contributed by atoms with E-state index in [9.17, 15) is 15.3 Å². The van der Waals surface area contributed by atoms with Crippen LogP contribution in [0.15, 0.2) is 53.8 Å². The first-order valence-electron chi connectivity index (χ1n) is 11.3. The van der Waals surface area contributed by atoms with Crippen LogP contribution < -0.4 is 9.64 Å². The topological polar surface area (TPSA) is 86.3 Å². The van der Waals surface area contributed by atoms with Crippen molar-refractivity contribution in [1.82, 2.24) is 0 Å². The van der Waals surface area contributed by atoms with Crippen molar-refractivity contribution >= 4 is 23.2 Å². The number of ether oxygens (including phenoxy) is 2. The summed E-state index contributed by atoms with van der Waals surface area (Å²) in [6.45, 7) is 2.41. The lowest BCUT2D eigenvalue weighted by Gasteiger charge is -2.50. The van der Waals surface area contributed by atoms with Crippen LogP contribution in [0.2, 0.25) is 5.02 Å². The van der Waals surface area contributed by atoms with Gasteiger partial charge in [-0.2, -0.15) is 10.5 Å². The molecule has 0 radical (unpaired) electrons. The lowest BCUT2D eigenvalue weighted by Crippen LogP contribution is -2.50. The standard InChI is InChI=1S/C27H26ClN3O3/c1-18-5-7-19(8-6-18)24-27(12-3-14-29,13-4-15-30)25-21(11-16-34-25)26(32)31(24)23-10-9-20(33-2)17-22(23)28/h5-10,17,24H,3-4,11-13,16H2,1-2H3. The predicted octanol–water partition coefficient (Wildman–Crippen LogP) is 6.01. The second kappa shape index (κ2) is 9.79. The summed E-state index contributed by atoms with van der Waals surface area (Å²) in [5.41, 5.74) is 2.44. The van der Waals surface area contributed by atoms with Gasteiger partial charge in [-0.15, -0.1) is 0 Å². The highest BCUT2D eigenvalue weighted by Gasteiger charge is 2.55. The van der Waals surface area contributed by atoms with Crippen molar-refractivity contribution in [3.63, 3.8) is 0 Å². The Hall–Kier alpha value is -3.48. The summed E-state index contributed by atoms with van der Waals surface area (Å²) >= 11 is 6.70. The van der Waals surface area contributed by atoms with Gasteiger partial charge in [0.05, 0.1) is 53.6 Å². The summed E-state index contributed by atoms with van der Waals surface area (Å²) in [4.78, 5) is 15.7. The quantitative estimate of drug-likeness (QED) is 0.489. The largest absolute Gasteiger partial charge is 0.497 e. The summed E-state index contributed by atoms with van der Waals surface area (Å²) in [7, 11) is 1.56. The highest BCUT2D eigenvalue weighted by Crippen LogP contribution is 2.58. The number of carbonyl (C=O) groups excluding carboxylic acids is 1. The molecule has 0 saturated carbocycles. The number of amides is 1. The van der Waals surface area contributed by atoms with E-state index < -0.39 is 11.5 Å². The molecule has 1 unspecified atom stereocenters. The molecule has 0 bridgehead atoms. The Bertz CT molecular complexity index is 1190. The van der Waals surface area contributed by atoms with E-state index in [4.69, 9.17) is 21.1 Å². The third-order valence-electron chi connectivity index (χ3n) is 6.76. The number of halogens is 1. The SMILES string of the molecule is COc1ccc(N2C(=O)C3=C(OCC3)C(CCC#N)(CCC#N)C2c2ccc(C)cc2)c(Cl)c1. The molecule has 0 aliphatic carbocycles. The second-order valence-electron chi connectivity index (χ2n) is 8.68. The number of aryl methyl sites for hydroxylation is 1. The van der Waals surface area contributed by atoms with Gasteiger partial charge in [-0.25, -0.2) is 0 Å². The van der Waals surface area contributed by atoms with Crippen molar-refractivity contribution in [2.75, 3.05) is 18.6 Å². The third-order valence-corrected chi connectivity index (χ3v) is 7.06. The number of hydrogen-bond donors (Lipinski definition) is 0. The van der Waals surface area contributed by atoms with E-state index >= 15 is 0 Å². The number of anilines is 1. The molecule has 0 N–H and O–H groups in total. The molecule has 1 atom stereocenters. The van der Waals surface area contributed by atoms with Crippen LogP contribution in [0.4, 0.5) is 5.69 Å². The molecule has 7 heteroatoms. The van der Waals surface area contributed by atoms with Gasteiger partial charge in [0.15, 0.2) is 0 Å². The molecule has 1 amide bonds. The molecule has 0 spiro atoms. The maximum absolute atomic E-state index is 14.0. The number of nitriles is 2. The van der Waals surface area contributed by atoms with Gasteiger partial charge in [0.1, 0.15) is 11.5 Å². The van der Waals surface area contributed by atoms with Crippen LogP contribution >= 0.6 is 11.6 Å². The van der Waals surface area contributed by atoms with Crippen molar-refractivity contribution in [2.45, 2.75) is 45.1 Å². The summed E-state index contributed by atoms with van der Waals surface area (Å²) in [5, 5.41) is 19.4. The Morgan fingerprint density at radius 3 is 2.41 bits per heavy atom. The van der Waals surface area contributed by atoms with Crippen LogP contribution in [0.3, 0.4) is 0 Å². The Balaban J connectivity index is 2.01. The summed E-state index contributed by atoms with van der Waals surface area (Å²) in [6.07, 6.45) is 1.94. The second-order valence-corrected chi connectivity index (χ2v) is 9.09. The fraction of sp³-hybridized carbons (Fsp3) is 0.370. The minimum absolute atomic E-state index is 0.158. The van der Waals surface area contributed by atoms with E-state index in [2.05, 4.69) is 12.1 Å². The predicted molar refractivity (Wildman–Crippen MR) is 129 cm³/mol. The maximum atomic E-state index is 14.0. The zero-order chi connectivity index (χ0) is 24.3. The van der Waals surface area contributed by atoms with Gasteiger partial charge in [0.25, 0.3) is 5.91 Å². The summed E-state index contributed by atoms with van der Waals surface area (Å²) < 4.78 is 11.4. The van der Waals surface area contributed by atoms with E-state index in [1.807, 2.05) is 31.2 Å². The first-order valence-corrected chi connectivity index (χ1v) is 11.7. The molecule has 2 aromatic rings. The maximum Gasteiger partial charge on any atom is 0.258 e. The molecule has 0 fully saturated rings. The molecule has 2 heterocycles. The van der Waals surface area contributed by atoms with Gasteiger partial charge < -0.3 is 9.47 Å². The molecule has 2 aliphatic heterocycles. The van der Waals surface area contributed by atoms with E-state index in [1.54, 1.807) is 30.2 Å². The Morgan fingerprint density at radius 1 is 1.15 bits per heavy atom. The van der Waals surface area contributed by atoms with Gasteiger partial charge in [-0.1, -0.05) is 41.4 Å². The smallest absolute Gasteiger partial charge is 0.258 e. The van der Waals surface area contributed by atoms with E-state index in [0.29, 0.717) is 53.7 Å². The monoisotopic (exact) mass is 475 g/mol. The van der Waals surface area contributed by atoms with Crippen LogP contribution in [-0.2, 0) is 9.53 Å². The zero-order valence-electron chi connectivity index (χ0n) is 19.3. The fourth-order valence-electron chi connectivity index (χ4n) is 5.20. The van der Waals surface area contributed by atoms with Gasteiger partial charge in [0.2, 0.25) is 0 Å². The van der Waals surface area contributed by atoms with Gasteiger partial charge >= 0.3 is 0 Å². The molecular weight excluding hydrogens is 450 g/mol. The van der Waals surface area contributed by atoms with Crippen LogP contribution in [0, 0.1) is 35.0 Å². The Morgan fingerprint density at radius 2 is 1.82 bits per heavy atom. The van der Waals surface area contributed by atoms with Crippen molar-refractivity contribution in [3.05, 3.63) is 69.9 Å². The highest BCUT2D eigenvalue weighted by molar-refractivity contribution is 6.34. The van der Waals surface area contributed by atoms with E-state index in [1.165, 1.54) is 0 Å². The number of nitrogens with zero attached hydrogens (tertiary/aromatic N) is 3. The lowest BCUT2D eigenvalue weighted by molar-refractivity contribution is -0.117. The number of methoxy groups -OCH3 is 1.